The predicted octanol–water partition coefficient (Wildman–Crippen LogP) is 1.47. The summed E-state index contributed by atoms with van der Waals surface area (Å²) >= 11 is 3.28. The second-order valence-corrected chi connectivity index (χ2v) is 4.25. The molecule has 3 heteroatoms. The average molecular weight is 236 g/mol. The predicted molar refractivity (Wildman–Crippen MR) is 54.6 cm³/mol. The lowest BCUT2D eigenvalue weighted by molar-refractivity contribution is 0.131. The second kappa shape index (κ2) is 5.20. The van der Waals surface area contributed by atoms with Crippen molar-refractivity contribution in [3.8, 4) is 0 Å². The Morgan fingerprint density at radius 3 is 2.67 bits per heavy atom. The van der Waals surface area contributed by atoms with Gasteiger partial charge in [0.15, 0.2) is 0 Å². The molecule has 1 atom stereocenters. The van der Waals surface area contributed by atoms with Gasteiger partial charge in [-0.1, -0.05) is 22.9 Å². The molecule has 0 aliphatic heterocycles. The molecule has 1 aliphatic carbocycles. The molecule has 1 aliphatic rings. The van der Waals surface area contributed by atoms with E-state index in [9.17, 15) is 5.11 Å². The van der Waals surface area contributed by atoms with Crippen molar-refractivity contribution in [2.75, 3.05) is 25.0 Å². The number of nitrogens with zero attached hydrogens (tertiary/aromatic N) is 1. The standard InChI is InChI=1S/C9H18BrNO/c1-2-11(6-8-3-4-8)7-9(12)5-10/h8-9,12H,2-7H2,1H3. The minimum absolute atomic E-state index is 0.205. The smallest absolute Gasteiger partial charge is 0.0763 e. The number of halogens is 1. The van der Waals surface area contributed by atoms with E-state index in [4.69, 9.17) is 0 Å². The molecule has 0 heterocycles. The fourth-order valence-corrected chi connectivity index (χ4v) is 1.55. The molecule has 2 nitrogen and oxygen atoms in total. The molecule has 1 unspecified atom stereocenters. The molecular formula is C9H18BrNO. The van der Waals surface area contributed by atoms with Crippen LogP contribution in [0.15, 0.2) is 0 Å². The number of hydrogen-bond donors (Lipinski definition) is 1. The Morgan fingerprint density at radius 1 is 1.58 bits per heavy atom. The van der Waals surface area contributed by atoms with Crippen LogP contribution < -0.4 is 0 Å². The van der Waals surface area contributed by atoms with Crippen LogP contribution >= 0.6 is 15.9 Å². The van der Waals surface area contributed by atoms with Crippen molar-refractivity contribution in [3.63, 3.8) is 0 Å². The zero-order chi connectivity index (χ0) is 8.97. The summed E-state index contributed by atoms with van der Waals surface area (Å²) < 4.78 is 0. The third-order valence-electron chi connectivity index (χ3n) is 2.31. The Balaban J connectivity index is 2.14. The molecule has 0 amide bonds. The lowest BCUT2D eigenvalue weighted by Gasteiger charge is -2.22. The number of likely N-dealkylation sites (N-methyl/N-ethyl adjacent to an activating group) is 1. The van der Waals surface area contributed by atoms with E-state index >= 15 is 0 Å². The molecule has 1 saturated carbocycles. The van der Waals surface area contributed by atoms with Crippen LogP contribution in [0, 0.1) is 5.92 Å². The molecule has 0 radical (unpaired) electrons. The highest BCUT2D eigenvalue weighted by atomic mass is 79.9. The van der Waals surface area contributed by atoms with E-state index in [1.165, 1.54) is 19.4 Å². The first-order valence-electron chi connectivity index (χ1n) is 4.72. The third kappa shape index (κ3) is 3.87. The maximum absolute atomic E-state index is 9.40. The molecule has 12 heavy (non-hydrogen) atoms. The van der Waals surface area contributed by atoms with E-state index < -0.39 is 0 Å². The monoisotopic (exact) mass is 235 g/mol. The molecule has 0 spiro atoms. The van der Waals surface area contributed by atoms with Gasteiger partial charge in [-0.2, -0.15) is 0 Å². The van der Waals surface area contributed by atoms with E-state index in [1.807, 2.05) is 0 Å². The van der Waals surface area contributed by atoms with E-state index in [-0.39, 0.29) is 6.10 Å². The normalized spacial score (nSPS) is 20.0. The minimum Gasteiger partial charge on any atom is -0.391 e. The highest BCUT2D eigenvalue weighted by Crippen LogP contribution is 2.29. The zero-order valence-electron chi connectivity index (χ0n) is 7.67. The second-order valence-electron chi connectivity index (χ2n) is 3.60. The number of aliphatic hydroxyl groups is 1. The van der Waals surface area contributed by atoms with Gasteiger partial charge < -0.3 is 10.0 Å². The summed E-state index contributed by atoms with van der Waals surface area (Å²) in [7, 11) is 0. The summed E-state index contributed by atoms with van der Waals surface area (Å²) in [5, 5.41) is 10.1. The van der Waals surface area contributed by atoms with Gasteiger partial charge in [-0.15, -0.1) is 0 Å². The Labute approximate surface area is 83.1 Å². The summed E-state index contributed by atoms with van der Waals surface area (Å²) in [6, 6.07) is 0. The van der Waals surface area contributed by atoms with Crippen LogP contribution in [0.3, 0.4) is 0 Å². The molecule has 72 valence electrons. The largest absolute Gasteiger partial charge is 0.391 e. The first-order chi connectivity index (χ1) is 5.76. The SMILES string of the molecule is CCN(CC(O)CBr)CC1CC1. The van der Waals surface area contributed by atoms with Gasteiger partial charge in [0, 0.05) is 18.4 Å². The molecule has 0 aromatic carbocycles. The van der Waals surface area contributed by atoms with Crippen molar-refractivity contribution < 1.29 is 5.11 Å². The number of rotatable bonds is 6. The number of aliphatic hydroxyl groups excluding tert-OH is 1. The molecule has 0 aromatic heterocycles. The van der Waals surface area contributed by atoms with Crippen LogP contribution in [-0.4, -0.2) is 41.1 Å². The summed E-state index contributed by atoms with van der Waals surface area (Å²) in [6.45, 7) is 5.21. The van der Waals surface area contributed by atoms with Crippen molar-refractivity contribution in [1.82, 2.24) is 4.90 Å². The Hall–Kier alpha value is 0.400. The first kappa shape index (κ1) is 10.5. The fourth-order valence-electron chi connectivity index (χ4n) is 1.35. The quantitative estimate of drug-likeness (QED) is 0.706. The maximum atomic E-state index is 9.40. The van der Waals surface area contributed by atoms with Gasteiger partial charge in [-0.05, 0) is 25.3 Å². The Bertz CT molecular complexity index is 128. The van der Waals surface area contributed by atoms with Gasteiger partial charge in [-0.3, -0.25) is 0 Å². The van der Waals surface area contributed by atoms with Crippen LogP contribution in [-0.2, 0) is 0 Å². The summed E-state index contributed by atoms with van der Waals surface area (Å²) in [5.74, 6) is 0.924. The molecule has 0 aromatic rings. The summed E-state index contributed by atoms with van der Waals surface area (Å²) in [6.07, 6.45) is 2.57. The van der Waals surface area contributed by atoms with Crippen molar-refractivity contribution >= 4 is 15.9 Å². The van der Waals surface area contributed by atoms with E-state index in [0.717, 1.165) is 19.0 Å². The van der Waals surface area contributed by atoms with Crippen LogP contribution in [0.4, 0.5) is 0 Å². The van der Waals surface area contributed by atoms with Crippen LogP contribution in [0.5, 0.6) is 0 Å². The van der Waals surface area contributed by atoms with Crippen molar-refractivity contribution in [2.45, 2.75) is 25.9 Å². The third-order valence-corrected chi connectivity index (χ3v) is 3.05. The topological polar surface area (TPSA) is 23.5 Å². The molecule has 0 saturated heterocycles. The van der Waals surface area contributed by atoms with Crippen LogP contribution in [0.2, 0.25) is 0 Å². The molecule has 0 bridgehead atoms. The summed E-state index contributed by atoms with van der Waals surface area (Å²) in [4.78, 5) is 2.34. The van der Waals surface area contributed by atoms with Crippen molar-refractivity contribution in [1.29, 1.82) is 0 Å². The Morgan fingerprint density at radius 2 is 2.25 bits per heavy atom. The molecule has 1 N–H and O–H groups in total. The van der Waals surface area contributed by atoms with Gasteiger partial charge >= 0.3 is 0 Å². The van der Waals surface area contributed by atoms with Crippen LogP contribution in [0.25, 0.3) is 0 Å². The van der Waals surface area contributed by atoms with Gasteiger partial charge in [0.05, 0.1) is 6.10 Å². The van der Waals surface area contributed by atoms with Gasteiger partial charge in [0.2, 0.25) is 0 Å². The first-order valence-corrected chi connectivity index (χ1v) is 5.84. The van der Waals surface area contributed by atoms with Crippen LogP contribution in [0.1, 0.15) is 19.8 Å². The van der Waals surface area contributed by atoms with Gasteiger partial charge in [0.1, 0.15) is 0 Å². The lowest BCUT2D eigenvalue weighted by Crippen LogP contribution is -2.34. The maximum Gasteiger partial charge on any atom is 0.0763 e. The number of hydrogen-bond acceptors (Lipinski definition) is 2. The van der Waals surface area contributed by atoms with Gasteiger partial charge in [0.25, 0.3) is 0 Å². The highest BCUT2D eigenvalue weighted by Gasteiger charge is 2.24. The minimum atomic E-state index is -0.205. The molecular weight excluding hydrogens is 218 g/mol. The molecule has 1 rings (SSSR count). The van der Waals surface area contributed by atoms with E-state index in [0.29, 0.717) is 5.33 Å². The van der Waals surface area contributed by atoms with Gasteiger partial charge in [-0.25, -0.2) is 0 Å². The average Bonchev–Trinajstić information content (AvgIpc) is 2.86. The lowest BCUT2D eigenvalue weighted by atomic mass is 10.3. The fraction of sp³-hybridized carbons (Fsp3) is 1.00. The van der Waals surface area contributed by atoms with Crippen molar-refractivity contribution in [3.05, 3.63) is 0 Å². The van der Waals surface area contributed by atoms with E-state index in [1.54, 1.807) is 0 Å². The van der Waals surface area contributed by atoms with E-state index in [2.05, 4.69) is 27.8 Å². The van der Waals surface area contributed by atoms with Crippen molar-refractivity contribution in [2.24, 2.45) is 5.92 Å². The highest BCUT2D eigenvalue weighted by molar-refractivity contribution is 9.09. The number of alkyl halides is 1. The molecule has 1 fully saturated rings. The Kier molecular flexibility index (Phi) is 4.54. The summed E-state index contributed by atoms with van der Waals surface area (Å²) in [5.41, 5.74) is 0. The zero-order valence-corrected chi connectivity index (χ0v) is 9.26.